The number of hydrogen-bond acceptors (Lipinski definition) is 3. The highest BCUT2D eigenvalue weighted by atomic mass is 16.5. The van der Waals surface area contributed by atoms with E-state index in [0.717, 1.165) is 37.3 Å². The van der Waals surface area contributed by atoms with Gasteiger partial charge in [0.15, 0.2) is 0 Å². The quantitative estimate of drug-likeness (QED) is 0.868. The molecule has 0 saturated heterocycles. The number of methoxy groups -OCH3 is 1. The Kier molecular flexibility index (Phi) is 3.03. The van der Waals surface area contributed by atoms with Crippen LogP contribution in [-0.2, 0) is 11.8 Å². The fourth-order valence-electron chi connectivity index (χ4n) is 3.56. The molecular weight excluding hydrogens is 272 g/mol. The van der Waals surface area contributed by atoms with Crippen LogP contribution in [0.4, 0.5) is 0 Å². The molecule has 2 aromatic rings. The number of nitrogens with zero attached hydrogens (tertiary/aromatic N) is 2. The molecule has 2 heterocycles. The van der Waals surface area contributed by atoms with E-state index >= 15 is 0 Å². The Labute approximate surface area is 131 Å². The minimum atomic E-state index is 0.0245. The van der Waals surface area contributed by atoms with E-state index in [9.17, 15) is 0 Å². The van der Waals surface area contributed by atoms with Crippen LogP contribution in [-0.4, -0.2) is 24.4 Å². The van der Waals surface area contributed by atoms with Gasteiger partial charge in [0.25, 0.3) is 0 Å². The minimum Gasteiger partial charge on any atom is -0.496 e. The van der Waals surface area contributed by atoms with Crippen LogP contribution in [0, 0.1) is 6.92 Å². The Morgan fingerprint density at radius 2 is 2.05 bits per heavy atom. The van der Waals surface area contributed by atoms with E-state index in [1.807, 2.05) is 12.3 Å². The number of aromatic nitrogens is 1. The summed E-state index contributed by atoms with van der Waals surface area (Å²) in [4.78, 5) is 9.52. The van der Waals surface area contributed by atoms with Crippen LogP contribution >= 0.6 is 0 Å². The van der Waals surface area contributed by atoms with Crippen molar-refractivity contribution < 1.29 is 4.74 Å². The maximum Gasteiger partial charge on any atom is 0.122 e. The first-order valence-electron chi connectivity index (χ1n) is 7.89. The van der Waals surface area contributed by atoms with Crippen molar-refractivity contribution >= 4 is 5.71 Å². The Morgan fingerprint density at radius 1 is 1.18 bits per heavy atom. The van der Waals surface area contributed by atoms with Crippen molar-refractivity contribution in [1.82, 2.24) is 4.98 Å². The third-order valence-electron chi connectivity index (χ3n) is 4.89. The summed E-state index contributed by atoms with van der Waals surface area (Å²) in [5, 5.41) is 0. The molecule has 3 heteroatoms. The van der Waals surface area contributed by atoms with Crippen LogP contribution in [0.2, 0.25) is 0 Å². The van der Waals surface area contributed by atoms with Gasteiger partial charge in [-0.25, -0.2) is 0 Å². The number of ether oxygens (including phenoxy) is 1. The smallest absolute Gasteiger partial charge is 0.122 e. The van der Waals surface area contributed by atoms with E-state index in [-0.39, 0.29) is 5.41 Å². The zero-order valence-corrected chi connectivity index (χ0v) is 13.1. The number of aryl methyl sites for hydroxylation is 1. The molecule has 1 fully saturated rings. The Bertz CT molecular complexity index is 746. The molecule has 0 radical (unpaired) electrons. The first-order chi connectivity index (χ1) is 10.7. The van der Waals surface area contributed by atoms with Gasteiger partial charge in [0, 0.05) is 18.3 Å². The van der Waals surface area contributed by atoms with Gasteiger partial charge in [-0.3, -0.25) is 9.98 Å². The highest BCUT2D eigenvalue weighted by Crippen LogP contribution is 2.51. The molecule has 2 aliphatic rings. The lowest BCUT2D eigenvalue weighted by Gasteiger charge is -2.25. The average molecular weight is 292 g/mol. The van der Waals surface area contributed by atoms with Gasteiger partial charge in [0.2, 0.25) is 0 Å². The van der Waals surface area contributed by atoms with Crippen molar-refractivity contribution in [3.63, 3.8) is 0 Å². The summed E-state index contributed by atoms with van der Waals surface area (Å²) < 4.78 is 5.53. The number of fused-ring (bicyclic) bond motifs is 1. The summed E-state index contributed by atoms with van der Waals surface area (Å²) in [6.45, 7) is 2.98. The van der Waals surface area contributed by atoms with Crippen molar-refractivity contribution in [2.75, 3.05) is 13.7 Å². The lowest BCUT2D eigenvalue weighted by molar-refractivity contribution is 0.411. The first-order valence-corrected chi connectivity index (χ1v) is 7.89. The second-order valence-corrected chi connectivity index (χ2v) is 6.26. The van der Waals surface area contributed by atoms with Crippen LogP contribution in [0.3, 0.4) is 0 Å². The number of rotatable bonds is 3. The highest BCUT2D eigenvalue weighted by Gasteiger charge is 2.51. The molecule has 22 heavy (non-hydrogen) atoms. The molecule has 1 aliphatic carbocycles. The molecule has 0 bridgehead atoms. The zero-order chi connectivity index (χ0) is 15.2. The normalized spacial score (nSPS) is 18.4. The first kappa shape index (κ1) is 13.5. The monoisotopic (exact) mass is 292 g/mol. The van der Waals surface area contributed by atoms with E-state index in [1.165, 1.54) is 22.4 Å². The topological polar surface area (TPSA) is 34.5 Å². The van der Waals surface area contributed by atoms with Crippen molar-refractivity contribution in [3.05, 3.63) is 58.9 Å². The molecule has 3 nitrogen and oxygen atoms in total. The largest absolute Gasteiger partial charge is 0.496 e. The lowest BCUT2D eigenvalue weighted by atomic mass is 9.84. The molecule has 0 unspecified atom stereocenters. The van der Waals surface area contributed by atoms with Crippen molar-refractivity contribution in [1.29, 1.82) is 0 Å². The predicted molar refractivity (Wildman–Crippen MR) is 88.0 cm³/mol. The van der Waals surface area contributed by atoms with Gasteiger partial charge in [0.1, 0.15) is 5.75 Å². The summed E-state index contributed by atoms with van der Waals surface area (Å²) in [6, 6.07) is 10.6. The average Bonchev–Trinajstić information content (AvgIpc) is 3.36. The third kappa shape index (κ3) is 1.96. The molecule has 0 atom stereocenters. The second-order valence-electron chi connectivity index (χ2n) is 6.26. The molecule has 1 saturated carbocycles. The number of pyridine rings is 1. The second kappa shape index (κ2) is 4.94. The molecular formula is C19H20N2O. The molecule has 112 valence electrons. The van der Waals surface area contributed by atoms with E-state index < -0.39 is 0 Å². The fraction of sp³-hybridized carbons (Fsp3) is 0.368. The molecule has 0 N–H and O–H groups in total. The summed E-state index contributed by atoms with van der Waals surface area (Å²) >= 11 is 0. The van der Waals surface area contributed by atoms with E-state index in [1.54, 1.807) is 7.11 Å². The van der Waals surface area contributed by atoms with Crippen molar-refractivity contribution in [2.45, 2.75) is 31.6 Å². The molecule has 0 amide bonds. The SMILES string of the molecule is COc1cc2c(cc1C)CCN=C2C1(c2ccccn2)CC1. The van der Waals surface area contributed by atoms with Crippen molar-refractivity contribution in [2.24, 2.45) is 4.99 Å². The zero-order valence-electron chi connectivity index (χ0n) is 13.1. The third-order valence-corrected chi connectivity index (χ3v) is 4.89. The number of benzene rings is 1. The summed E-state index contributed by atoms with van der Waals surface area (Å²) in [6.07, 6.45) is 5.17. The number of hydrogen-bond donors (Lipinski definition) is 0. The maximum atomic E-state index is 5.53. The van der Waals surface area contributed by atoms with Gasteiger partial charge in [-0.05, 0) is 55.5 Å². The van der Waals surface area contributed by atoms with Gasteiger partial charge in [-0.1, -0.05) is 12.1 Å². The van der Waals surface area contributed by atoms with Crippen LogP contribution in [0.5, 0.6) is 5.75 Å². The minimum absolute atomic E-state index is 0.0245. The Hall–Kier alpha value is -2.16. The summed E-state index contributed by atoms with van der Waals surface area (Å²) in [5.74, 6) is 0.949. The van der Waals surface area contributed by atoms with Crippen LogP contribution in [0.25, 0.3) is 0 Å². The molecule has 1 aromatic carbocycles. The van der Waals surface area contributed by atoms with Crippen LogP contribution in [0.1, 0.15) is 35.2 Å². The van der Waals surface area contributed by atoms with Gasteiger partial charge < -0.3 is 4.74 Å². The van der Waals surface area contributed by atoms with Gasteiger partial charge in [0.05, 0.1) is 23.9 Å². The summed E-state index contributed by atoms with van der Waals surface area (Å²) in [5.41, 5.74) is 6.25. The van der Waals surface area contributed by atoms with E-state index in [0.29, 0.717) is 0 Å². The number of aliphatic imine (C=N–C) groups is 1. The molecule has 4 rings (SSSR count). The van der Waals surface area contributed by atoms with Crippen molar-refractivity contribution in [3.8, 4) is 5.75 Å². The maximum absolute atomic E-state index is 5.53. The van der Waals surface area contributed by atoms with Crippen LogP contribution < -0.4 is 4.74 Å². The van der Waals surface area contributed by atoms with Crippen LogP contribution in [0.15, 0.2) is 41.5 Å². The molecule has 1 aromatic heterocycles. The van der Waals surface area contributed by atoms with Gasteiger partial charge >= 0.3 is 0 Å². The molecule has 1 aliphatic heterocycles. The van der Waals surface area contributed by atoms with E-state index in [4.69, 9.17) is 9.73 Å². The Balaban J connectivity index is 1.84. The fourth-order valence-corrected chi connectivity index (χ4v) is 3.56. The van der Waals surface area contributed by atoms with Gasteiger partial charge in [-0.2, -0.15) is 0 Å². The van der Waals surface area contributed by atoms with Gasteiger partial charge in [-0.15, -0.1) is 0 Å². The summed E-state index contributed by atoms with van der Waals surface area (Å²) in [7, 11) is 1.74. The predicted octanol–water partition coefficient (Wildman–Crippen LogP) is 3.48. The highest BCUT2D eigenvalue weighted by molar-refractivity contribution is 6.11. The standard InChI is InChI=1S/C19H20N2O/c1-13-11-14-6-10-21-18(15(14)12-16(13)22-2)19(7-8-19)17-5-3-4-9-20-17/h3-5,9,11-12H,6-8,10H2,1-2H3. The Morgan fingerprint density at radius 3 is 2.73 bits per heavy atom. The van der Waals surface area contributed by atoms with E-state index in [2.05, 4.69) is 36.2 Å². The lowest BCUT2D eigenvalue weighted by Crippen LogP contribution is -2.27. The molecule has 0 spiro atoms.